The number of alkyl halides is 3. The summed E-state index contributed by atoms with van der Waals surface area (Å²) in [6.45, 7) is 0. The van der Waals surface area contributed by atoms with Crippen molar-refractivity contribution in [2.24, 2.45) is 0 Å². The molecule has 3 nitrogen and oxygen atoms in total. The van der Waals surface area contributed by atoms with Gasteiger partial charge in [0.25, 0.3) is 10.0 Å². The molecule has 0 heterocycles. The van der Waals surface area contributed by atoms with Crippen LogP contribution >= 0.6 is 31.9 Å². The molecule has 0 aliphatic heterocycles. The maximum atomic E-state index is 12.8. The Kier molecular flexibility index (Phi) is 4.88. The summed E-state index contributed by atoms with van der Waals surface area (Å²) < 4.78 is 65.3. The standard InChI is InChI=1S/C13H8Br2F3NO2S/c14-10-6-5-8(7-9(10)13(16,17)18)19-22(20,21)12-4-2-1-3-11(12)15/h1-7,19H. The van der Waals surface area contributed by atoms with Crippen molar-refractivity contribution in [1.82, 2.24) is 0 Å². The van der Waals surface area contributed by atoms with Crippen molar-refractivity contribution in [2.45, 2.75) is 11.1 Å². The third-order valence-corrected chi connectivity index (χ3v) is 5.74. The zero-order valence-corrected chi connectivity index (χ0v) is 14.6. The van der Waals surface area contributed by atoms with Crippen LogP contribution in [-0.2, 0) is 16.2 Å². The van der Waals surface area contributed by atoms with Crippen molar-refractivity contribution in [2.75, 3.05) is 4.72 Å². The van der Waals surface area contributed by atoms with Crippen molar-refractivity contribution >= 4 is 47.6 Å². The molecule has 0 bridgehead atoms. The molecule has 0 radical (unpaired) electrons. The van der Waals surface area contributed by atoms with E-state index in [4.69, 9.17) is 0 Å². The minimum Gasteiger partial charge on any atom is -0.280 e. The van der Waals surface area contributed by atoms with Crippen LogP contribution in [0.1, 0.15) is 5.56 Å². The topological polar surface area (TPSA) is 46.2 Å². The molecule has 9 heteroatoms. The first-order valence-electron chi connectivity index (χ1n) is 5.75. The van der Waals surface area contributed by atoms with Gasteiger partial charge in [-0.3, -0.25) is 4.72 Å². The van der Waals surface area contributed by atoms with E-state index < -0.39 is 21.8 Å². The molecule has 0 saturated heterocycles. The molecular weight excluding hydrogens is 451 g/mol. The fourth-order valence-electron chi connectivity index (χ4n) is 1.68. The molecule has 0 aromatic heterocycles. The highest BCUT2D eigenvalue weighted by Crippen LogP contribution is 2.36. The van der Waals surface area contributed by atoms with Gasteiger partial charge in [0.2, 0.25) is 0 Å². The minimum atomic E-state index is -4.59. The first-order valence-corrected chi connectivity index (χ1v) is 8.82. The number of sulfonamides is 1. The molecule has 0 unspecified atom stereocenters. The van der Waals surface area contributed by atoms with Gasteiger partial charge >= 0.3 is 6.18 Å². The van der Waals surface area contributed by atoms with Gasteiger partial charge in [-0.2, -0.15) is 13.2 Å². The monoisotopic (exact) mass is 457 g/mol. The maximum absolute atomic E-state index is 12.8. The van der Waals surface area contributed by atoms with Gasteiger partial charge in [0.15, 0.2) is 0 Å². The third kappa shape index (κ3) is 3.82. The van der Waals surface area contributed by atoms with Gasteiger partial charge in [-0.25, -0.2) is 8.42 Å². The number of benzene rings is 2. The second kappa shape index (κ2) is 6.21. The van der Waals surface area contributed by atoms with Crippen molar-refractivity contribution in [3.05, 3.63) is 57.0 Å². The van der Waals surface area contributed by atoms with Crippen LogP contribution in [0.15, 0.2) is 56.3 Å². The van der Waals surface area contributed by atoms with Crippen LogP contribution in [0.3, 0.4) is 0 Å². The average molecular weight is 459 g/mol. The molecule has 2 aromatic carbocycles. The number of nitrogens with one attached hydrogen (secondary N) is 1. The zero-order chi connectivity index (χ0) is 16.5. The lowest BCUT2D eigenvalue weighted by molar-refractivity contribution is -0.138. The highest BCUT2D eigenvalue weighted by atomic mass is 79.9. The predicted molar refractivity (Wildman–Crippen MR) is 84.1 cm³/mol. The van der Waals surface area contributed by atoms with Gasteiger partial charge in [-0.15, -0.1) is 0 Å². The van der Waals surface area contributed by atoms with Crippen LogP contribution in [0.4, 0.5) is 18.9 Å². The molecule has 0 amide bonds. The van der Waals surface area contributed by atoms with Crippen LogP contribution < -0.4 is 4.72 Å². The Morgan fingerprint density at radius 1 is 0.955 bits per heavy atom. The number of halogens is 5. The molecule has 2 rings (SSSR count). The molecule has 22 heavy (non-hydrogen) atoms. The molecule has 0 fully saturated rings. The van der Waals surface area contributed by atoms with Crippen LogP contribution in [0.2, 0.25) is 0 Å². The molecule has 0 aliphatic carbocycles. The average Bonchev–Trinajstić information content (AvgIpc) is 2.39. The van der Waals surface area contributed by atoms with Crippen molar-refractivity contribution in [3.63, 3.8) is 0 Å². The van der Waals surface area contributed by atoms with Gasteiger partial charge in [-0.05, 0) is 46.3 Å². The first kappa shape index (κ1) is 17.3. The minimum absolute atomic E-state index is 0.0634. The Bertz CT molecular complexity index is 807. The fraction of sp³-hybridized carbons (Fsp3) is 0.0769. The highest BCUT2D eigenvalue weighted by Gasteiger charge is 2.33. The molecule has 118 valence electrons. The third-order valence-electron chi connectivity index (χ3n) is 2.65. The quantitative estimate of drug-likeness (QED) is 0.700. The van der Waals surface area contributed by atoms with Gasteiger partial charge < -0.3 is 0 Å². The maximum Gasteiger partial charge on any atom is 0.417 e. The van der Waals surface area contributed by atoms with E-state index in [1.165, 1.54) is 24.3 Å². The van der Waals surface area contributed by atoms with Crippen LogP contribution in [0, 0.1) is 0 Å². The molecular formula is C13H8Br2F3NO2S. The van der Waals surface area contributed by atoms with Crippen LogP contribution in [0.5, 0.6) is 0 Å². The second-order valence-corrected chi connectivity index (χ2v) is 7.59. The van der Waals surface area contributed by atoms with Crippen molar-refractivity contribution < 1.29 is 21.6 Å². The van der Waals surface area contributed by atoms with E-state index in [-0.39, 0.29) is 15.1 Å². The Hall–Kier alpha value is -1.06. The van der Waals surface area contributed by atoms with Gasteiger partial charge in [0.05, 0.1) is 5.56 Å². The largest absolute Gasteiger partial charge is 0.417 e. The summed E-state index contributed by atoms with van der Waals surface area (Å²) in [5.74, 6) is 0. The molecule has 0 spiro atoms. The molecule has 0 atom stereocenters. The van der Waals surface area contributed by atoms with Crippen molar-refractivity contribution in [1.29, 1.82) is 0 Å². The lowest BCUT2D eigenvalue weighted by Crippen LogP contribution is -2.14. The summed E-state index contributed by atoms with van der Waals surface area (Å²) in [6, 6.07) is 9.13. The van der Waals surface area contributed by atoms with E-state index in [9.17, 15) is 21.6 Å². The summed E-state index contributed by atoms with van der Waals surface area (Å²) in [4.78, 5) is -0.0634. The van der Waals surface area contributed by atoms with E-state index in [0.717, 1.165) is 12.1 Å². The lowest BCUT2D eigenvalue weighted by atomic mass is 10.2. The SMILES string of the molecule is O=S(=O)(Nc1ccc(Br)c(C(F)(F)F)c1)c1ccccc1Br. The Morgan fingerprint density at radius 2 is 1.59 bits per heavy atom. The number of hydrogen-bond donors (Lipinski definition) is 1. The molecule has 1 N–H and O–H groups in total. The Balaban J connectivity index is 2.41. The summed E-state index contributed by atoms with van der Waals surface area (Å²) >= 11 is 5.89. The summed E-state index contributed by atoms with van der Waals surface area (Å²) in [6.07, 6.45) is -4.59. The van der Waals surface area contributed by atoms with E-state index in [1.807, 2.05) is 0 Å². The fourth-order valence-corrected chi connectivity index (χ4v) is 4.20. The number of anilines is 1. The molecule has 0 saturated carbocycles. The van der Waals surface area contributed by atoms with Crippen molar-refractivity contribution in [3.8, 4) is 0 Å². The van der Waals surface area contributed by atoms with Gasteiger partial charge in [-0.1, -0.05) is 28.1 Å². The van der Waals surface area contributed by atoms with E-state index in [0.29, 0.717) is 4.47 Å². The number of rotatable bonds is 3. The summed E-state index contributed by atoms with van der Waals surface area (Å²) in [7, 11) is -4.00. The Labute approximate surface area is 141 Å². The van der Waals surface area contributed by atoms with Gasteiger partial charge in [0.1, 0.15) is 4.90 Å². The van der Waals surface area contributed by atoms with Gasteiger partial charge in [0, 0.05) is 14.6 Å². The first-order chi connectivity index (χ1) is 10.1. The molecule has 0 aliphatic rings. The highest BCUT2D eigenvalue weighted by molar-refractivity contribution is 9.10. The van der Waals surface area contributed by atoms with Crippen LogP contribution in [-0.4, -0.2) is 8.42 Å². The molecule has 2 aromatic rings. The lowest BCUT2D eigenvalue weighted by Gasteiger charge is -2.13. The predicted octanol–water partition coefficient (Wildman–Crippen LogP) is 5.03. The van der Waals surface area contributed by atoms with E-state index >= 15 is 0 Å². The van der Waals surface area contributed by atoms with E-state index in [1.54, 1.807) is 6.07 Å². The summed E-state index contributed by atoms with van der Waals surface area (Å²) in [5, 5.41) is 0. The summed E-state index contributed by atoms with van der Waals surface area (Å²) in [5.41, 5.74) is -1.13. The number of hydrogen-bond acceptors (Lipinski definition) is 2. The normalized spacial score (nSPS) is 12.2. The second-order valence-electron chi connectivity index (χ2n) is 4.23. The van der Waals surface area contributed by atoms with E-state index in [2.05, 4.69) is 36.6 Å². The zero-order valence-electron chi connectivity index (χ0n) is 10.7. The van der Waals surface area contributed by atoms with Crippen LogP contribution in [0.25, 0.3) is 0 Å². The smallest absolute Gasteiger partial charge is 0.280 e. The Morgan fingerprint density at radius 3 is 2.18 bits per heavy atom.